The molecular weight excluding hydrogens is 339 g/mol. The minimum absolute atomic E-state index is 0.196. The van der Waals surface area contributed by atoms with Crippen molar-refractivity contribution in [3.63, 3.8) is 0 Å². The van der Waals surface area contributed by atoms with Crippen LogP contribution in [0.3, 0.4) is 0 Å². The first-order valence-corrected chi connectivity index (χ1v) is 7.34. The van der Waals surface area contributed by atoms with E-state index in [4.69, 9.17) is 32.4 Å². The van der Waals surface area contributed by atoms with E-state index in [-0.39, 0.29) is 17.1 Å². The van der Waals surface area contributed by atoms with Crippen molar-refractivity contribution in [1.29, 1.82) is 5.26 Å². The molecule has 0 unspecified atom stereocenters. The zero-order valence-corrected chi connectivity index (χ0v) is 13.5. The molecule has 0 bridgehead atoms. The number of fused-ring (bicyclic) bond motifs is 1. The Kier molecular flexibility index (Phi) is 4.03. The molecule has 116 valence electrons. The Morgan fingerprint density at radius 2 is 2.17 bits per heavy atom. The molecule has 3 aromatic rings. The van der Waals surface area contributed by atoms with Crippen molar-refractivity contribution >= 4 is 40.3 Å². The highest BCUT2D eigenvalue weighted by atomic mass is 35.5. The lowest BCUT2D eigenvalue weighted by atomic mass is 10.1. The van der Waals surface area contributed by atoms with Gasteiger partial charge in [0.15, 0.2) is 5.58 Å². The number of carbonyl (C=O) groups excluding carboxylic acids is 1. The van der Waals surface area contributed by atoms with Crippen LogP contribution in [0.25, 0.3) is 11.1 Å². The van der Waals surface area contributed by atoms with Crippen LogP contribution in [0.4, 0.5) is 0 Å². The van der Waals surface area contributed by atoms with Crippen molar-refractivity contribution < 1.29 is 13.9 Å². The van der Waals surface area contributed by atoms with Gasteiger partial charge >= 0.3 is 5.97 Å². The summed E-state index contributed by atoms with van der Waals surface area (Å²) in [6, 6.07) is 8.72. The number of furan rings is 1. The first-order valence-electron chi connectivity index (χ1n) is 6.58. The number of methoxy groups -OCH3 is 1. The summed E-state index contributed by atoms with van der Waals surface area (Å²) in [6.45, 7) is 0.257. The number of aromatic nitrogens is 1. The Morgan fingerprint density at radius 1 is 1.39 bits per heavy atom. The van der Waals surface area contributed by atoms with Crippen molar-refractivity contribution in [2.75, 3.05) is 7.11 Å². The number of esters is 1. The zero-order valence-electron chi connectivity index (χ0n) is 12.0. The van der Waals surface area contributed by atoms with Gasteiger partial charge in [-0.1, -0.05) is 29.3 Å². The molecule has 2 heterocycles. The monoisotopic (exact) mass is 348 g/mol. The lowest BCUT2D eigenvalue weighted by Crippen LogP contribution is -2.12. The van der Waals surface area contributed by atoms with Crippen molar-refractivity contribution in [1.82, 2.24) is 4.57 Å². The van der Waals surface area contributed by atoms with Crippen LogP contribution in [-0.2, 0) is 11.3 Å². The summed E-state index contributed by atoms with van der Waals surface area (Å²) in [4.78, 5) is 12.0. The standard InChI is InChI=1S/C16H10Cl2N2O3/c1-22-16(21)13-6-14-12(4-5-23-14)20(13)8-9-2-3-11(17)15(18)10(9)7-19/h2-6H,8H2,1H3. The van der Waals surface area contributed by atoms with Gasteiger partial charge in [0.05, 0.1) is 34.5 Å². The lowest BCUT2D eigenvalue weighted by molar-refractivity contribution is 0.0589. The van der Waals surface area contributed by atoms with Gasteiger partial charge in [0.2, 0.25) is 0 Å². The van der Waals surface area contributed by atoms with Gasteiger partial charge in [-0.05, 0) is 11.6 Å². The van der Waals surface area contributed by atoms with E-state index < -0.39 is 5.97 Å². The summed E-state index contributed by atoms with van der Waals surface area (Å²) in [6.07, 6.45) is 1.53. The lowest BCUT2D eigenvalue weighted by Gasteiger charge is -2.11. The Morgan fingerprint density at radius 3 is 2.87 bits per heavy atom. The quantitative estimate of drug-likeness (QED) is 0.663. The summed E-state index contributed by atoms with van der Waals surface area (Å²) >= 11 is 12.0. The van der Waals surface area contributed by atoms with E-state index in [0.29, 0.717) is 21.9 Å². The predicted molar refractivity (Wildman–Crippen MR) is 85.8 cm³/mol. The maximum atomic E-state index is 12.0. The summed E-state index contributed by atoms with van der Waals surface area (Å²) < 4.78 is 11.8. The molecule has 1 aromatic carbocycles. The van der Waals surface area contributed by atoms with Gasteiger partial charge < -0.3 is 13.7 Å². The second-order valence-electron chi connectivity index (χ2n) is 4.78. The number of ether oxygens (including phenoxy) is 1. The normalized spacial score (nSPS) is 10.7. The van der Waals surface area contributed by atoms with Gasteiger partial charge in [0, 0.05) is 18.7 Å². The molecule has 0 aliphatic heterocycles. The molecule has 0 amide bonds. The van der Waals surface area contributed by atoms with Crippen molar-refractivity contribution in [3.05, 3.63) is 57.4 Å². The van der Waals surface area contributed by atoms with E-state index in [9.17, 15) is 10.1 Å². The van der Waals surface area contributed by atoms with Gasteiger partial charge in [-0.25, -0.2) is 4.79 Å². The van der Waals surface area contributed by atoms with Crippen LogP contribution < -0.4 is 0 Å². The highest BCUT2D eigenvalue weighted by Crippen LogP contribution is 2.30. The molecule has 0 saturated heterocycles. The van der Waals surface area contributed by atoms with Crippen LogP contribution in [0.1, 0.15) is 21.6 Å². The number of nitrogens with zero attached hydrogens (tertiary/aromatic N) is 2. The number of carbonyl (C=O) groups is 1. The minimum atomic E-state index is -0.491. The third kappa shape index (κ3) is 2.56. The molecule has 0 saturated carbocycles. The molecule has 3 rings (SSSR count). The smallest absolute Gasteiger partial charge is 0.354 e. The van der Waals surface area contributed by atoms with Crippen molar-refractivity contribution in [2.24, 2.45) is 0 Å². The largest absolute Gasteiger partial charge is 0.464 e. The number of benzene rings is 1. The number of rotatable bonds is 3. The molecule has 0 atom stereocenters. The number of halogens is 2. The van der Waals surface area contributed by atoms with Crippen LogP contribution in [-0.4, -0.2) is 17.6 Å². The number of hydrogen-bond acceptors (Lipinski definition) is 4. The van der Waals surface area contributed by atoms with E-state index in [1.807, 2.05) is 0 Å². The first-order chi connectivity index (χ1) is 11.1. The molecular formula is C16H10Cl2N2O3. The SMILES string of the molecule is COC(=O)c1cc2occc2n1Cc1ccc(Cl)c(Cl)c1C#N. The molecule has 7 heteroatoms. The molecule has 0 aliphatic carbocycles. The van der Waals surface area contributed by atoms with Gasteiger partial charge in [0.25, 0.3) is 0 Å². The topological polar surface area (TPSA) is 68.2 Å². The third-order valence-electron chi connectivity index (χ3n) is 3.54. The highest BCUT2D eigenvalue weighted by molar-refractivity contribution is 6.42. The fraction of sp³-hybridized carbons (Fsp3) is 0.125. The average Bonchev–Trinajstić information content (AvgIpc) is 3.13. The third-order valence-corrected chi connectivity index (χ3v) is 4.34. The van der Waals surface area contributed by atoms with Crippen LogP contribution in [0, 0.1) is 11.3 Å². The predicted octanol–water partition coefficient (Wildman–Crippen LogP) is 4.25. The molecule has 0 fully saturated rings. The first kappa shape index (κ1) is 15.5. The van der Waals surface area contributed by atoms with Gasteiger partial charge in [-0.3, -0.25) is 0 Å². The molecule has 5 nitrogen and oxygen atoms in total. The molecule has 0 N–H and O–H groups in total. The Balaban J connectivity index is 2.16. The van der Waals surface area contributed by atoms with Gasteiger partial charge in [-0.15, -0.1) is 0 Å². The second kappa shape index (κ2) is 5.99. The second-order valence-corrected chi connectivity index (χ2v) is 5.57. The van der Waals surface area contributed by atoms with Gasteiger partial charge in [0.1, 0.15) is 11.8 Å². The van der Waals surface area contributed by atoms with E-state index in [1.54, 1.807) is 28.8 Å². The minimum Gasteiger partial charge on any atom is -0.464 e. The van der Waals surface area contributed by atoms with E-state index in [2.05, 4.69) is 6.07 Å². The van der Waals surface area contributed by atoms with Crippen LogP contribution >= 0.6 is 23.2 Å². The number of nitriles is 1. The average molecular weight is 349 g/mol. The maximum Gasteiger partial charge on any atom is 0.354 e. The van der Waals surface area contributed by atoms with Crippen molar-refractivity contribution in [2.45, 2.75) is 6.54 Å². The molecule has 0 aliphatic rings. The van der Waals surface area contributed by atoms with E-state index >= 15 is 0 Å². The maximum absolute atomic E-state index is 12.0. The zero-order chi connectivity index (χ0) is 16.6. The van der Waals surface area contributed by atoms with E-state index in [0.717, 1.165) is 5.52 Å². The van der Waals surface area contributed by atoms with E-state index in [1.165, 1.54) is 13.4 Å². The number of hydrogen-bond donors (Lipinski definition) is 0. The van der Waals surface area contributed by atoms with Crippen LogP contribution in [0.5, 0.6) is 0 Å². The highest BCUT2D eigenvalue weighted by Gasteiger charge is 2.20. The van der Waals surface area contributed by atoms with Crippen LogP contribution in [0.2, 0.25) is 10.0 Å². The fourth-order valence-corrected chi connectivity index (χ4v) is 2.82. The Labute approximate surface area is 141 Å². The summed E-state index contributed by atoms with van der Waals surface area (Å²) in [7, 11) is 1.31. The molecule has 23 heavy (non-hydrogen) atoms. The van der Waals surface area contributed by atoms with Gasteiger partial charge in [-0.2, -0.15) is 5.26 Å². The van der Waals surface area contributed by atoms with Crippen molar-refractivity contribution in [3.8, 4) is 6.07 Å². The Hall–Kier alpha value is -2.42. The molecule has 0 spiro atoms. The molecule has 0 radical (unpaired) electrons. The summed E-state index contributed by atoms with van der Waals surface area (Å²) in [5.74, 6) is -0.491. The fourth-order valence-electron chi connectivity index (χ4n) is 2.43. The summed E-state index contributed by atoms with van der Waals surface area (Å²) in [5, 5.41) is 9.84. The Bertz CT molecular complexity index is 950. The summed E-state index contributed by atoms with van der Waals surface area (Å²) in [5.41, 5.74) is 2.53. The van der Waals surface area contributed by atoms with Crippen LogP contribution in [0.15, 0.2) is 34.9 Å². The molecule has 2 aromatic heterocycles.